The Morgan fingerprint density at radius 1 is 1.00 bits per heavy atom. The number of carboxylic acid groups (broad SMARTS) is 1. The molecule has 27 heavy (non-hydrogen) atoms. The molecule has 2 atom stereocenters. The van der Waals surface area contributed by atoms with Gasteiger partial charge in [-0.3, -0.25) is 9.59 Å². The molecule has 1 saturated heterocycles. The van der Waals surface area contributed by atoms with Gasteiger partial charge in [0, 0.05) is 19.0 Å². The van der Waals surface area contributed by atoms with Gasteiger partial charge in [0.05, 0.1) is 12.5 Å². The van der Waals surface area contributed by atoms with Crippen LogP contribution in [0.1, 0.15) is 18.4 Å². The summed E-state index contributed by atoms with van der Waals surface area (Å²) >= 11 is 0. The highest BCUT2D eigenvalue weighted by Gasteiger charge is 2.40. The summed E-state index contributed by atoms with van der Waals surface area (Å²) in [5, 5.41) is 9.54. The van der Waals surface area contributed by atoms with E-state index < -0.39 is 11.9 Å². The summed E-state index contributed by atoms with van der Waals surface area (Å²) in [6.07, 6.45) is 0. The average molecular weight is 369 g/mol. The van der Waals surface area contributed by atoms with E-state index in [9.17, 15) is 14.7 Å². The highest BCUT2D eigenvalue weighted by Crippen LogP contribution is 2.33. The molecule has 3 rings (SSSR count). The lowest BCUT2D eigenvalue weighted by Crippen LogP contribution is -2.33. The molecule has 0 radical (unpaired) electrons. The summed E-state index contributed by atoms with van der Waals surface area (Å²) in [6.45, 7) is 2.95. The van der Waals surface area contributed by atoms with E-state index in [1.54, 1.807) is 29.2 Å². The van der Waals surface area contributed by atoms with Crippen LogP contribution in [0.5, 0.6) is 11.5 Å². The van der Waals surface area contributed by atoms with E-state index in [2.05, 4.69) is 0 Å². The van der Waals surface area contributed by atoms with Crippen molar-refractivity contribution in [2.24, 2.45) is 5.92 Å². The van der Waals surface area contributed by atoms with Gasteiger partial charge in [0.15, 0.2) is 6.61 Å². The van der Waals surface area contributed by atoms with Crippen molar-refractivity contribution in [1.29, 1.82) is 0 Å². The lowest BCUT2D eigenvalue weighted by molar-refractivity contribution is -0.142. The van der Waals surface area contributed by atoms with Gasteiger partial charge in [0.25, 0.3) is 5.91 Å². The minimum Gasteiger partial charge on any atom is -0.494 e. The SMILES string of the molecule is CCOc1ccc(OCC(=O)N2CC(C(=O)O)C(c3ccccc3)C2)cc1. The molecule has 2 aromatic carbocycles. The zero-order valence-corrected chi connectivity index (χ0v) is 15.2. The van der Waals surface area contributed by atoms with E-state index in [1.807, 2.05) is 37.3 Å². The molecule has 2 unspecified atom stereocenters. The second kappa shape index (κ2) is 8.58. The maximum absolute atomic E-state index is 12.5. The molecule has 1 amide bonds. The lowest BCUT2D eigenvalue weighted by Gasteiger charge is -2.17. The Morgan fingerprint density at radius 3 is 2.22 bits per heavy atom. The Bertz CT molecular complexity index is 775. The molecule has 1 heterocycles. The third-order valence-electron chi connectivity index (χ3n) is 4.71. The molecule has 0 saturated carbocycles. The first kappa shape index (κ1) is 18.8. The Kier molecular flexibility index (Phi) is 5.96. The van der Waals surface area contributed by atoms with Gasteiger partial charge >= 0.3 is 5.97 Å². The number of carboxylic acids is 1. The highest BCUT2D eigenvalue weighted by atomic mass is 16.5. The average Bonchev–Trinajstić information content (AvgIpc) is 3.14. The summed E-state index contributed by atoms with van der Waals surface area (Å²) in [5.41, 5.74) is 0.938. The molecule has 1 N–H and O–H groups in total. The van der Waals surface area contributed by atoms with Gasteiger partial charge in [-0.2, -0.15) is 0 Å². The fourth-order valence-electron chi connectivity index (χ4n) is 3.33. The van der Waals surface area contributed by atoms with E-state index in [0.717, 1.165) is 11.3 Å². The number of ether oxygens (including phenoxy) is 2. The van der Waals surface area contributed by atoms with Crippen molar-refractivity contribution in [3.8, 4) is 11.5 Å². The van der Waals surface area contributed by atoms with Crippen LogP contribution in [-0.2, 0) is 9.59 Å². The number of amides is 1. The fraction of sp³-hybridized carbons (Fsp3) is 0.333. The number of hydrogen-bond acceptors (Lipinski definition) is 4. The van der Waals surface area contributed by atoms with E-state index >= 15 is 0 Å². The molecule has 142 valence electrons. The minimum absolute atomic E-state index is 0.123. The zero-order valence-electron chi connectivity index (χ0n) is 15.2. The van der Waals surface area contributed by atoms with E-state index in [4.69, 9.17) is 9.47 Å². The number of carbonyl (C=O) groups excluding carboxylic acids is 1. The number of rotatable bonds is 7. The van der Waals surface area contributed by atoms with Crippen LogP contribution in [0.2, 0.25) is 0 Å². The maximum atomic E-state index is 12.5. The van der Waals surface area contributed by atoms with Crippen LogP contribution < -0.4 is 9.47 Å². The second-order valence-corrected chi connectivity index (χ2v) is 6.45. The molecular weight excluding hydrogens is 346 g/mol. The Balaban J connectivity index is 1.60. The Labute approximate surface area is 158 Å². The second-order valence-electron chi connectivity index (χ2n) is 6.45. The summed E-state index contributed by atoms with van der Waals surface area (Å²) in [6, 6.07) is 16.5. The molecule has 6 nitrogen and oxygen atoms in total. The number of likely N-dealkylation sites (tertiary alicyclic amines) is 1. The van der Waals surface area contributed by atoms with Crippen molar-refractivity contribution < 1.29 is 24.2 Å². The summed E-state index contributed by atoms with van der Waals surface area (Å²) < 4.78 is 10.9. The van der Waals surface area contributed by atoms with Gasteiger partial charge in [0.2, 0.25) is 0 Å². The quantitative estimate of drug-likeness (QED) is 0.812. The molecular formula is C21H23NO5. The van der Waals surface area contributed by atoms with Crippen molar-refractivity contribution in [3.63, 3.8) is 0 Å². The minimum atomic E-state index is -0.883. The molecule has 1 aliphatic rings. The van der Waals surface area contributed by atoms with Crippen LogP contribution >= 0.6 is 0 Å². The Morgan fingerprint density at radius 2 is 1.63 bits per heavy atom. The third kappa shape index (κ3) is 4.58. The van der Waals surface area contributed by atoms with Crippen LogP contribution in [0.15, 0.2) is 54.6 Å². The lowest BCUT2D eigenvalue weighted by atomic mass is 9.89. The van der Waals surface area contributed by atoms with Crippen LogP contribution in [-0.4, -0.2) is 48.2 Å². The highest BCUT2D eigenvalue weighted by molar-refractivity contribution is 5.80. The van der Waals surface area contributed by atoms with Gasteiger partial charge in [0.1, 0.15) is 11.5 Å². The molecule has 0 aliphatic carbocycles. The van der Waals surface area contributed by atoms with E-state index in [1.165, 1.54) is 0 Å². The number of carbonyl (C=O) groups is 2. The van der Waals surface area contributed by atoms with Crippen LogP contribution in [0.4, 0.5) is 0 Å². The van der Waals surface area contributed by atoms with Crippen molar-refractivity contribution in [1.82, 2.24) is 4.90 Å². The van der Waals surface area contributed by atoms with Crippen molar-refractivity contribution in [2.45, 2.75) is 12.8 Å². The van der Waals surface area contributed by atoms with Crippen LogP contribution in [0, 0.1) is 5.92 Å². The molecule has 0 aromatic heterocycles. The normalized spacial score (nSPS) is 18.9. The van der Waals surface area contributed by atoms with E-state index in [-0.39, 0.29) is 25.0 Å². The monoisotopic (exact) mass is 369 g/mol. The van der Waals surface area contributed by atoms with E-state index in [0.29, 0.717) is 18.9 Å². The molecule has 1 aliphatic heterocycles. The number of nitrogens with zero attached hydrogens (tertiary/aromatic N) is 1. The number of aliphatic carboxylic acids is 1. The first-order valence-electron chi connectivity index (χ1n) is 8.99. The molecule has 0 bridgehead atoms. The standard InChI is InChI=1S/C21H23NO5/c1-2-26-16-8-10-17(11-9-16)27-14-20(23)22-12-18(19(13-22)21(24)25)15-6-4-3-5-7-15/h3-11,18-19H,2,12-14H2,1H3,(H,24,25). The first-order chi connectivity index (χ1) is 13.1. The molecule has 0 spiro atoms. The summed E-state index contributed by atoms with van der Waals surface area (Å²) in [5.74, 6) is -0.605. The van der Waals surface area contributed by atoms with Crippen LogP contribution in [0.3, 0.4) is 0 Å². The fourth-order valence-corrected chi connectivity index (χ4v) is 3.33. The van der Waals surface area contributed by atoms with Crippen molar-refractivity contribution >= 4 is 11.9 Å². The number of hydrogen-bond donors (Lipinski definition) is 1. The van der Waals surface area contributed by atoms with Gasteiger partial charge in [-0.15, -0.1) is 0 Å². The third-order valence-corrected chi connectivity index (χ3v) is 4.71. The van der Waals surface area contributed by atoms with Crippen LogP contribution in [0.25, 0.3) is 0 Å². The predicted octanol–water partition coefficient (Wildman–Crippen LogP) is 2.79. The molecule has 6 heteroatoms. The zero-order chi connectivity index (χ0) is 19.2. The largest absolute Gasteiger partial charge is 0.494 e. The smallest absolute Gasteiger partial charge is 0.308 e. The number of benzene rings is 2. The van der Waals surface area contributed by atoms with Gasteiger partial charge in [-0.05, 0) is 36.8 Å². The topological polar surface area (TPSA) is 76.1 Å². The summed E-state index contributed by atoms with van der Waals surface area (Å²) in [7, 11) is 0. The Hall–Kier alpha value is -3.02. The van der Waals surface area contributed by atoms with Gasteiger partial charge in [-0.25, -0.2) is 0 Å². The first-order valence-corrected chi connectivity index (χ1v) is 8.99. The van der Waals surface area contributed by atoms with Gasteiger partial charge in [-0.1, -0.05) is 30.3 Å². The maximum Gasteiger partial charge on any atom is 0.308 e. The summed E-state index contributed by atoms with van der Waals surface area (Å²) in [4.78, 5) is 25.7. The van der Waals surface area contributed by atoms with Crippen molar-refractivity contribution in [3.05, 3.63) is 60.2 Å². The van der Waals surface area contributed by atoms with Gasteiger partial charge < -0.3 is 19.5 Å². The van der Waals surface area contributed by atoms with Crippen molar-refractivity contribution in [2.75, 3.05) is 26.3 Å². The predicted molar refractivity (Wildman–Crippen MR) is 100.0 cm³/mol. The molecule has 1 fully saturated rings. The molecule has 2 aromatic rings.